The molecule has 1 aliphatic heterocycles. The summed E-state index contributed by atoms with van der Waals surface area (Å²) < 4.78 is 0. The first kappa shape index (κ1) is 16.0. The van der Waals surface area contributed by atoms with Gasteiger partial charge in [-0.25, -0.2) is 0 Å². The Morgan fingerprint density at radius 1 is 1.35 bits per heavy atom. The van der Waals surface area contributed by atoms with E-state index in [2.05, 4.69) is 5.32 Å². The lowest BCUT2D eigenvalue weighted by Crippen LogP contribution is -2.34. The minimum absolute atomic E-state index is 0.00120. The SMILES string of the molecule is CN1C(=O)C[C@@H](C(=O)NCc2ccccc2Cl)[C@@H]1c1cccs1. The van der Waals surface area contributed by atoms with Crippen molar-refractivity contribution >= 4 is 34.8 Å². The number of benzene rings is 1. The van der Waals surface area contributed by atoms with Gasteiger partial charge >= 0.3 is 0 Å². The number of rotatable bonds is 4. The molecule has 2 atom stereocenters. The molecule has 2 heterocycles. The highest BCUT2D eigenvalue weighted by Gasteiger charge is 2.43. The van der Waals surface area contributed by atoms with Crippen molar-refractivity contribution in [3.8, 4) is 0 Å². The molecule has 1 fully saturated rings. The molecule has 3 rings (SSSR count). The van der Waals surface area contributed by atoms with Crippen molar-refractivity contribution in [2.75, 3.05) is 7.05 Å². The number of amides is 2. The highest BCUT2D eigenvalue weighted by molar-refractivity contribution is 7.10. The molecule has 120 valence electrons. The quantitative estimate of drug-likeness (QED) is 0.922. The lowest BCUT2D eigenvalue weighted by atomic mass is 9.98. The first-order valence-corrected chi connectivity index (χ1v) is 8.64. The first-order valence-electron chi connectivity index (χ1n) is 7.38. The van der Waals surface area contributed by atoms with Crippen LogP contribution in [-0.2, 0) is 16.1 Å². The van der Waals surface area contributed by atoms with Crippen molar-refractivity contribution in [3.63, 3.8) is 0 Å². The van der Waals surface area contributed by atoms with Crippen molar-refractivity contribution < 1.29 is 9.59 Å². The van der Waals surface area contributed by atoms with Crippen LogP contribution < -0.4 is 5.32 Å². The van der Waals surface area contributed by atoms with Crippen LogP contribution in [0.5, 0.6) is 0 Å². The Bertz CT molecular complexity index is 717. The van der Waals surface area contributed by atoms with Crippen LogP contribution in [0.1, 0.15) is 22.9 Å². The van der Waals surface area contributed by atoms with Gasteiger partial charge in [0.25, 0.3) is 0 Å². The molecule has 1 aromatic heterocycles. The van der Waals surface area contributed by atoms with Crippen LogP contribution in [0.15, 0.2) is 41.8 Å². The maximum absolute atomic E-state index is 12.6. The standard InChI is InChI=1S/C17H17ClN2O2S/c1-20-15(21)9-12(16(20)14-7-4-8-23-14)17(22)19-10-11-5-2-3-6-13(11)18/h2-8,12,16H,9-10H2,1H3,(H,19,22)/t12-,16-/m1/s1. The zero-order chi connectivity index (χ0) is 16.4. The van der Waals surface area contributed by atoms with Crippen LogP contribution in [-0.4, -0.2) is 23.8 Å². The van der Waals surface area contributed by atoms with Crippen LogP contribution in [0.4, 0.5) is 0 Å². The predicted octanol–water partition coefficient (Wildman–Crippen LogP) is 3.24. The number of nitrogens with zero attached hydrogens (tertiary/aromatic N) is 1. The summed E-state index contributed by atoms with van der Waals surface area (Å²) in [6, 6.07) is 11.1. The molecule has 0 saturated carbocycles. The molecule has 1 saturated heterocycles. The minimum Gasteiger partial charge on any atom is -0.352 e. The molecular formula is C17H17ClN2O2S. The number of carbonyl (C=O) groups is 2. The normalized spacial score (nSPS) is 20.8. The lowest BCUT2D eigenvalue weighted by Gasteiger charge is -2.23. The molecule has 0 radical (unpaired) electrons. The summed E-state index contributed by atoms with van der Waals surface area (Å²) in [5.74, 6) is -0.476. The second kappa shape index (κ2) is 6.72. The third-order valence-corrected chi connectivity index (χ3v) is 5.48. The third-order valence-electron chi connectivity index (χ3n) is 4.17. The Morgan fingerprint density at radius 2 is 2.13 bits per heavy atom. The molecule has 1 aromatic carbocycles. The summed E-state index contributed by atoms with van der Waals surface area (Å²) in [4.78, 5) is 27.4. The molecule has 2 amide bonds. The van der Waals surface area contributed by atoms with Crippen molar-refractivity contribution in [1.29, 1.82) is 0 Å². The number of likely N-dealkylation sites (tertiary alicyclic amines) is 1. The maximum Gasteiger partial charge on any atom is 0.226 e. The fourth-order valence-electron chi connectivity index (χ4n) is 2.91. The Labute approximate surface area is 144 Å². The highest BCUT2D eigenvalue weighted by atomic mass is 35.5. The van der Waals surface area contributed by atoms with Gasteiger partial charge < -0.3 is 10.2 Å². The van der Waals surface area contributed by atoms with E-state index in [1.807, 2.05) is 35.7 Å². The van der Waals surface area contributed by atoms with Gasteiger partial charge in [-0.3, -0.25) is 9.59 Å². The minimum atomic E-state index is -0.367. The zero-order valence-electron chi connectivity index (χ0n) is 12.7. The van der Waals surface area contributed by atoms with E-state index in [9.17, 15) is 9.59 Å². The Kier molecular flexibility index (Phi) is 4.68. The lowest BCUT2D eigenvalue weighted by molar-refractivity contribution is -0.128. The molecule has 4 nitrogen and oxygen atoms in total. The molecule has 1 aliphatic rings. The van der Waals surface area contributed by atoms with E-state index >= 15 is 0 Å². The van der Waals surface area contributed by atoms with Gasteiger partial charge in [0.15, 0.2) is 0 Å². The molecular weight excluding hydrogens is 332 g/mol. The molecule has 6 heteroatoms. The molecule has 0 aliphatic carbocycles. The van der Waals surface area contributed by atoms with E-state index in [1.165, 1.54) is 0 Å². The third kappa shape index (κ3) is 3.26. The summed E-state index contributed by atoms with van der Waals surface area (Å²) in [5.41, 5.74) is 0.868. The van der Waals surface area contributed by atoms with E-state index < -0.39 is 0 Å². The molecule has 23 heavy (non-hydrogen) atoms. The number of nitrogens with one attached hydrogen (secondary N) is 1. The van der Waals surface area contributed by atoms with E-state index in [4.69, 9.17) is 11.6 Å². The van der Waals surface area contributed by atoms with Crippen LogP contribution in [0, 0.1) is 5.92 Å². The summed E-state index contributed by atoms with van der Waals surface area (Å²) in [7, 11) is 1.76. The second-order valence-electron chi connectivity index (χ2n) is 5.58. The highest BCUT2D eigenvalue weighted by Crippen LogP contribution is 2.39. The van der Waals surface area contributed by atoms with Crippen molar-refractivity contribution in [2.45, 2.75) is 19.0 Å². The summed E-state index contributed by atoms with van der Waals surface area (Å²) in [5, 5.41) is 5.51. The maximum atomic E-state index is 12.6. The van der Waals surface area contributed by atoms with Crippen LogP contribution in [0.2, 0.25) is 5.02 Å². The van der Waals surface area contributed by atoms with Gasteiger partial charge in [0, 0.05) is 29.9 Å². The van der Waals surface area contributed by atoms with Crippen LogP contribution >= 0.6 is 22.9 Å². The monoisotopic (exact) mass is 348 g/mol. The zero-order valence-corrected chi connectivity index (χ0v) is 14.2. The fourth-order valence-corrected chi connectivity index (χ4v) is 4.04. The molecule has 0 spiro atoms. The van der Waals surface area contributed by atoms with Gasteiger partial charge in [-0.1, -0.05) is 35.9 Å². The van der Waals surface area contributed by atoms with Crippen LogP contribution in [0.3, 0.4) is 0 Å². The number of carbonyl (C=O) groups excluding carboxylic acids is 2. The fraction of sp³-hybridized carbons (Fsp3) is 0.294. The van der Waals surface area contributed by atoms with E-state index in [0.717, 1.165) is 10.4 Å². The summed E-state index contributed by atoms with van der Waals surface area (Å²) >= 11 is 7.68. The Balaban J connectivity index is 1.73. The smallest absolute Gasteiger partial charge is 0.226 e. The first-order chi connectivity index (χ1) is 11.1. The van der Waals surface area contributed by atoms with Crippen molar-refractivity contribution in [3.05, 3.63) is 57.2 Å². The van der Waals surface area contributed by atoms with E-state index in [1.54, 1.807) is 29.4 Å². The Morgan fingerprint density at radius 3 is 2.83 bits per heavy atom. The van der Waals surface area contributed by atoms with Gasteiger partial charge in [-0.15, -0.1) is 11.3 Å². The largest absolute Gasteiger partial charge is 0.352 e. The second-order valence-corrected chi connectivity index (χ2v) is 6.97. The molecule has 0 bridgehead atoms. The average molecular weight is 349 g/mol. The van der Waals surface area contributed by atoms with Gasteiger partial charge in [0.05, 0.1) is 12.0 Å². The molecule has 2 aromatic rings. The number of hydrogen-bond acceptors (Lipinski definition) is 3. The van der Waals surface area contributed by atoms with Gasteiger partial charge in [0.2, 0.25) is 11.8 Å². The number of halogens is 1. The number of hydrogen-bond donors (Lipinski definition) is 1. The predicted molar refractivity (Wildman–Crippen MR) is 91.2 cm³/mol. The van der Waals surface area contributed by atoms with Crippen LogP contribution in [0.25, 0.3) is 0 Å². The van der Waals surface area contributed by atoms with E-state index in [-0.39, 0.29) is 30.2 Å². The average Bonchev–Trinajstić information content (AvgIpc) is 3.15. The molecule has 0 unspecified atom stereocenters. The van der Waals surface area contributed by atoms with Gasteiger partial charge in [-0.05, 0) is 23.1 Å². The summed E-state index contributed by atoms with van der Waals surface area (Å²) in [6.07, 6.45) is 0.243. The molecule has 1 N–H and O–H groups in total. The van der Waals surface area contributed by atoms with Crippen molar-refractivity contribution in [2.24, 2.45) is 5.92 Å². The van der Waals surface area contributed by atoms with Gasteiger partial charge in [-0.2, -0.15) is 0 Å². The topological polar surface area (TPSA) is 49.4 Å². The Hall–Kier alpha value is -1.85. The van der Waals surface area contributed by atoms with E-state index in [0.29, 0.717) is 11.6 Å². The van der Waals surface area contributed by atoms with Gasteiger partial charge in [0.1, 0.15) is 0 Å². The van der Waals surface area contributed by atoms with Crippen molar-refractivity contribution in [1.82, 2.24) is 10.2 Å². The summed E-state index contributed by atoms with van der Waals surface area (Å²) in [6.45, 7) is 0.365. The number of thiophene rings is 1.